The highest BCUT2D eigenvalue weighted by atomic mass is 16.5. The van der Waals surface area contributed by atoms with Gasteiger partial charge >= 0.3 is 12.0 Å². The first-order valence-electron chi connectivity index (χ1n) is 8.45. The number of hydrogen-bond acceptors (Lipinski definition) is 5. The minimum absolute atomic E-state index is 0.0759. The standard InChI is InChI=1S/C19H25N3O4/c1-6-13-7-9-14(10-8-13)20-18(24)22(19(2,3)4)11-16-21-15(12-26-16)17(23)25-5/h7-10,12H,6,11H2,1-5H3,(H,20,24). The topological polar surface area (TPSA) is 84.7 Å². The molecule has 7 heteroatoms. The van der Waals surface area contributed by atoms with Crippen LogP contribution >= 0.6 is 0 Å². The Morgan fingerprint density at radius 3 is 2.42 bits per heavy atom. The second kappa shape index (κ2) is 8.03. The van der Waals surface area contributed by atoms with Crippen LogP contribution in [0.3, 0.4) is 0 Å². The number of nitrogens with one attached hydrogen (secondary N) is 1. The van der Waals surface area contributed by atoms with Crippen molar-refractivity contribution >= 4 is 17.7 Å². The van der Waals surface area contributed by atoms with Gasteiger partial charge in [-0.2, -0.15) is 0 Å². The maximum atomic E-state index is 12.8. The third-order valence-corrected chi connectivity index (χ3v) is 3.91. The Morgan fingerprint density at radius 2 is 1.88 bits per heavy atom. The summed E-state index contributed by atoms with van der Waals surface area (Å²) in [5, 5.41) is 2.89. The van der Waals surface area contributed by atoms with E-state index in [0.717, 1.165) is 6.42 Å². The fourth-order valence-corrected chi connectivity index (χ4v) is 2.35. The molecule has 0 fully saturated rings. The van der Waals surface area contributed by atoms with Gasteiger partial charge in [-0.05, 0) is 44.9 Å². The van der Waals surface area contributed by atoms with Crippen LogP contribution in [-0.4, -0.2) is 34.5 Å². The number of benzene rings is 1. The van der Waals surface area contributed by atoms with Gasteiger partial charge in [-0.15, -0.1) is 0 Å². The molecule has 1 aromatic carbocycles. The third-order valence-electron chi connectivity index (χ3n) is 3.91. The van der Waals surface area contributed by atoms with Crippen molar-refractivity contribution in [2.75, 3.05) is 12.4 Å². The summed E-state index contributed by atoms with van der Waals surface area (Å²) in [6, 6.07) is 7.43. The highest BCUT2D eigenvalue weighted by Crippen LogP contribution is 2.20. The van der Waals surface area contributed by atoms with Gasteiger partial charge in [0.05, 0.1) is 13.7 Å². The van der Waals surface area contributed by atoms with Crippen LogP contribution in [-0.2, 0) is 17.7 Å². The number of anilines is 1. The smallest absolute Gasteiger partial charge is 0.360 e. The molecule has 1 aromatic heterocycles. The van der Waals surface area contributed by atoms with E-state index in [1.807, 2.05) is 45.0 Å². The number of nitrogens with zero attached hydrogens (tertiary/aromatic N) is 2. The lowest BCUT2D eigenvalue weighted by Crippen LogP contribution is -2.47. The summed E-state index contributed by atoms with van der Waals surface area (Å²) in [6.45, 7) is 7.94. The number of carbonyl (C=O) groups excluding carboxylic acids is 2. The summed E-state index contributed by atoms with van der Waals surface area (Å²) in [5.74, 6) is -0.320. The molecule has 0 aliphatic heterocycles. The van der Waals surface area contributed by atoms with Crippen molar-refractivity contribution < 1.29 is 18.7 Å². The van der Waals surface area contributed by atoms with Crippen molar-refractivity contribution in [3.63, 3.8) is 0 Å². The molecular formula is C19H25N3O4. The van der Waals surface area contributed by atoms with E-state index in [1.165, 1.54) is 18.9 Å². The first-order valence-corrected chi connectivity index (χ1v) is 8.45. The Balaban J connectivity index is 2.14. The monoisotopic (exact) mass is 359 g/mol. The maximum absolute atomic E-state index is 12.8. The molecule has 7 nitrogen and oxygen atoms in total. The Labute approximate surface area is 153 Å². The lowest BCUT2D eigenvalue weighted by atomic mass is 10.1. The third kappa shape index (κ3) is 4.84. The molecule has 0 saturated carbocycles. The minimum Gasteiger partial charge on any atom is -0.464 e. The minimum atomic E-state index is -0.581. The zero-order chi connectivity index (χ0) is 19.3. The molecule has 1 heterocycles. The molecule has 0 radical (unpaired) electrons. The van der Waals surface area contributed by atoms with E-state index < -0.39 is 11.5 Å². The Kier molecular flexibility index (Phi) is 6.02. The second-order valence-electron chi connectivity index (χ2n) is 6.86. The van der Waals surface area contributed by atoms with Crippen LogP contribution in [0.15, 0.2) is 34.9 Å². The van der Waals surface area contributed by atoms with E-state index in [9.17, 15) is 9.59 Å². The summed E-state index contributed by atoms with van der Waals surface area (Å²) in [6.07, 6.45) is 2.17. The predicted octanol–water partition coefficient (Wildman–Crippen LogP) is 3.86. The Morgan fingerprint density at radius 1 is 1.23 bits per heavy atom. The highest BCUT2D eigenvalue weighted by Gasteiger charge is 2.28. The van der Waals surface area contributed by atoms with Gasteiger partial charge in [-0.25, -0.2) is 14.6 Å². The molecular weight excluding hydrogens is 334 g/mol. The predicted molar refractivity (Wildman–Crippen MR) is 98.0 cm³/mol. The molecule has 0 unspecified atom stereocenters. The molecule has 0 atom stereocenters. The average Bonchev–Trinajstić information content (AvgIpc) is 3.07. The van der Waals surface area contributed by atoms with E-state index in [1.54, 1.807) is 4.90 Å². The number of amides is 2. The summed E-state index contributed by atoms with van der Waals surface area (Å²) in [4.78, 5) is 29.9. The number of urea groups is 1. The Bertz CT molecular complexity index is 760. The van der Waals surface area contributed by atoms with Crippen LogP contribution in [0.25, 0.3) is 0 Å². The number of ether oxygens (including phenoxy) is 1. The van der Waals surface area contributed by atoms with Gasteiger partial charge in [0, 0.05) is 11.2 Å². The first-order chi connectivity index (χ1) is 12.2. The molecule has 26 heavy (non-hydrogen) atoms. The van der Waals surface area contributed by atoms with Crippen molar-refractivity contribution in [2.24, 2.45) is 0 Å². The molecule has 140 valence electrons. The number of aromatic nitrogens is 1. The highest BCUT2D eigenvalue weighted by molar-refractivity contribution is 5.90. The van der Waals surface area contributed by atoms with E-state index >= 15 is 0 Å². The molecule has 0 saturated heterocycles. The number of esters is 1. The van der Waals surface area contributed by atoms with Gasteiger partial charge in [0.25, 0.3) is 0 Å². The zero-order valence-electron chi connectivity index (χ0n) is 15.8. The van der Waals surface area contributed by atoms with Gasteiger partial charge < -0.3 is 19.4 Å². The average molecular weight is 359 g/mol. The summed E-state index contributed by atoms with van der Waals surface area (Å²) < 4.78 is 9.92. The van der Waals surface area contributed by atoms with Gasteiger partial charge in [-0.3, -0.25) is 0 Å². The van der Waals surface area contributed by atoms with Gasteiger partial charge in [-0.1, -0.05) is 19.1 Å². The summed E-state index contributed by atoms with van der Waals surface area (Å²) in [5.41, 5.74) is 1.51. The van der Waals surface area contributed by atoms with Crippen molar-refractivity contribution in [1.29, 1.82) is 0 Å². The van der Waals surface area contributed by atoms with E-state index in [-0.39, 0.29) is 24.2 Å². The number of oxazole rings is 1. The fourth-order valence-electron chi connectivity index (χ4n) is 2.35. The van der Waals surface area contributed by atoms with Crippen LogP contribution in [0.4, 0.5) is 10.5 Å². The number of methoxy groups -OCH3 is 1. The van der Waals surface area contributed by atoms with Crippen LogP contribution in [0.1, 0.15) is 49.6 Å². The molecule has 2 aromatic rings. The summed E-state index contributed by atoms with van der Waals surface area (Å²) >= 11 is 0. The molecule has 0 aliphatic rings. The normalized spacial score (nSPS) is 11.1. The number of hydrogen-bond donors (Lipinski definition) is 1. The van der Waals surface area contributed by atoms with Crippen LogP contribution in [0.2, 0.25) is 0 Å². The number of rotatable bonds is 5. The van der Waals surface area contributed by atoms with Crippen molar-refractivity contribution in [3.05, 3.63) is 47.7 Å². The number of carbonyl (C=O) groups is 2. The van der Waals surface area contributed by atoms with Gasteiger partial charge in [0.1, 0.15) is 6.26 Å². The van der Waals surface area contributed by atoms with Crippen LogP contribution in [0, 0.1) is 0 Å². The fraction of sp³-hybridized carbons (Fsp3) is 0.421. The zero-order valence-corrected chi connectivity index (χ0v) is 15.8. The largest absolute Gasteiger partial charge is 0.464 e. The second-order valence-corrected chi connectivity index (χ2v) is 6.86. The van der Waals surface area contributed by atoms with Gasteiger partial charge in [0.15, 0.2) is 5.69 Å². The lowest BCUT2D eigenvalue weighted by Gasteiger charge is -2.34. The number of aryl methyl sites for hydroxylation is 1. The van der Waals surface area contributed by atoms with Gasteiger partial charge in [0.2, 0.25) is 5.89 Å². The van der Waals surface area contributed by atoms with Crippen LogP contribution in [0.5, 0.6) is 0 Å². The lowest BCUT2D eigenvalue weighted by molar-refractivity contribution is 0.0594. The van der Waals surface area contributed by atoms with E-state index in [0.29, 0.717) is 5.69 Å². The van der Waals surface area contributed by atoms with Crippen molar-refractivity contribution in [2.45, 2.75) is 46.2 Å². The molecule has 0 spiro atoms. The molecule has 0 aliphatic carbocycles. The molecule has 2 amide bonds. The quantitative estimate of drug-likeness (QED) is 0.820. The SMILES string of the molecule is CCc1ccc(NC(=O)N(Cc2nc(C(=O)OC)co2)C(C)(C)C)cc1. The van der Waals surface area contributed by atoms with E-state index in [2.05, 4.69) is 22.0 Å². The van der Waals surface area contributed by atoms with Crippen molar-refractivity contribution in [1.82, 2.24) is 9.88 Å². The Hall–Kier alpha value is -2.83. The van der Waals surface area contributed by atoms with Crippen molar-refractivity contribution in [3.8, 4) is 0 Å². The maximum Gasteiger partial charge on any atom is 0.360 e. The molecule has 0 bridgehead atoms. The molecule has 1 N–H and O–H groups in total. The van der Waals surface area contributed by atoms with E-state index in [4.69, 9.17) is 4.42 Å². The first kappa shape index (κ1) is 19.5. The van der Waals surface area contributed by atoms with Crippen LogP contribution < -0.4 is 5.32 Å². The summed E-state index contributed by atoms with van der Waals surface area (Å²) in [7, 11) is 1.27. The molecule has 2 rings (SSSR count).